The van der Waals surface area contributed by atoms with Crippen molar-refractivity contribution in [2.75, 3.05) is 13.2 Å². The highest BCUT2D eigenvalue weighted by molar-refractivity contribution is 5.96. The molecule has 2 saturated carbocycles. The second-order valence-electron chi connectivity index (χ2n) is 9.63. The van der Waals surface area contributed by atoms with Gasteiger partial charge in [0.25, 0.3) is 0 Å². The molecule has 1 aromatic carbocycles. The third-order valence-corrected chi connectivity index (χ3v) is 7.14. The fraction of sp³-hybridized carbons (Fsp3) is 0.680. The molecule has 31 heavy (non-hydrogen) atoms. The molecule has 2 aliphatic heterocycles. The molecule has 0 bridgehead atoms. The monoisotopic (exact) mass is 427 g/mol. The van der Waals surface area contributed by atoms with Crippen LogP contribution in [0.4, 0.5) is 0 Å². The van der Waals surface area contributed by atoms with E-state index in [1.807, 2.05) is 24.3 Å². The quantitative estimate of drug-likeness (QED) is 0.531. The molecule has 4 unspecified atom stereocenters. The van der Waals surface area contributed by atoms with E-state index in [1.54, 1.807) is 0 Å². The summed E-state index contributed by atoms with van der Waals surface area (Å²) in [7, 11) is 0. The first-order valence-electron chi connectivity index (χ1n) is 12.0. The van der Waals surface area contributed by atoms with Gasteiger partial charge in [0.2, 0.25) is 5.91 Å². The number of ketones is 1. The minimum atomic E-state index is -0.148. The van der Waals surface area contributed by atoms with Crippen LogP contribution >= 0.6 is 0 Å². The number of ether oxygens (including phenoxy) is 3. The fourth-order valence-electron chi connectivity index (χ4n) is 5.17. The Bertz CT molecular complexity index is 799. The molecule has 0 aromatic heterocycles. The van der Waals surface area contributed by atoms with E-state index in [4.69, 9.17) is 14.2 Å². The number of carbonyl (C=O) groups is 2. The van der Waals surface area contributed by atoms with Gasteiger partial charge in [0.1, 0.15) is 11.9 Å². The Kier molecular flexibility index (Phi) is 6.28. The summed E-state index contributed by atoms with van der Waals surface area (Å²) >= 11 is 0. The lowest BCUT2D eigenvalue weighted by Gasteiger charge is -2.18. The van der Waals surface area contributed by atoms with Gasteiger partial charge in [-0.3, -0.25) is 9.59 Å². The van der Waals surface area contributed by atoms with Gasteiger partial charge in [-0.15, -0.1) is 0 Å². The maximum Gasteiger partial charge on any atom is 0.223 e. The minimum Gasteiger partial charge on any atom is -0.490 e. The number of hydrogen-bond acceptors (Lipinski definition) is 5. The van der Waals surface area contributed by atoms with Crippen LogP contribution < -0.4 is 10.1 Å². The maximum absolute atomic E-state index is 13.0. The summed E-state index contributed by atoms with van der Waals surface area (Å²) in [6, 6.07) is 7.50. The summed E-state index contributed by atoms with van der Waals surface area (Å²) in [5.41, 5.74) is 0.686. The molecule has 4 fully saturated rings. The summed E-state index contributed by atoms with van der Waals surface area (Å²) in [6.45, 7) is 0.957. The zero-order chi connectivity index (χ0) is 21.2. The molecule has 0 radical (unpaired) electrons. The van der Waals surface area contributed by atoms with Crippen LogP contribution in [0.25, 0.3) is 0 Å². The average Bonchev–Trinajstić information content (AvgIpc) is 3.51. The largest absolute Gasteiger partial charge is 0.490 e. The Morgan fingerprint density at radius 2 is 1.74 bits per heavy atom. The first-order valence-corrected chi connectivity index (χ1v) is 12.0. The highest BCUT2D eigenvalue weighted by atomic mass is 16.6. The van der Waals surface area contributed by atoms with Crippen molar-refractivity contribution in [1.82, 2.24) is 5.32 Å². The Hall–Kier alpha value is -1.92. The van der Waals surface area contributed by atoms with Crippen molar-refractivity contribution in [2.45, 2.75) is 82.1 Å². The van der Waals surface area contributed by atoms with Crippen LogP contribution in [0.15, 0.2) is 24.3 Å². The molecule has 1 N–H and O–H groups in total. The molecule has 6 heteroatoms. The second kappa shape index (κ2) is 9.29. The zero-order valence-corrected chi connectivity index (χ0v) is 18.1. The highest BCUT2D eigenvalue weighted by Crippen LogP contribution is 2.35. The molecule has 4 atom stereocenters. The van der Waals surface area contributed by atoms with Crippen LogP contribution in [0.5, 0.6) is 5.75 Å². The van der Waals surface area contributed by atoms with Crippen molar-refractivity contribution < 1.29 is 23.8 Å². The predicted octanol–water partition coefficient (Wildman–Crippen LogP) is 3.67. The number of hydrogen-bond donors (Lipinski definition) is 1. The Balaban J connectivity index is 1.16. The zero-order valence-electron chi connectivity index (χ0n) is 18.1. The summed E-state index contributed by atoms with van der Waals surface area (Å²) in [5.74, 6) is 1.19. The van der Waals surface area contributed by atoms with Gasteiger partial charge in [0.05, 0.1) is 31.5 Å². The summed E-state index contributed by atoms with van der Waals surface area (Å²) in [4.78, 5) is 25.1. The third kappa shape index (κ3) is 4.96. The summed E-state index contributed by atoms with van der Waals surface area (Å²) in [5, 5.41) is 3.08. The Morgan fingerprint density at radius 3 is 2.52 bits per heavy atom. The van der Waals surface area contributed by atoms with Gasteiger partial charge in [0, 0.05) is 23.8 Å². The maximum atomic E-state index is 13.0. The lowest BCUT2D eigenvalue weighted by molar-refractivity contribution is -0.123. The molecule has 0 spiro atoms. The number of amides is 1. The van der Waals surface area contributed by atoms with E-state index >= 15 is 0 Å². The van der Waals surface area contributed by atoms with Crippen LogP contribution in [0.2, 0.25) is 0 Å². The van der Waals surface area contributed by atoms with Crippen molar-refractivity contribution in [3.63, 3.8) is 0 Å². The minimum absolute atomic E-state index is 0.0201. The van der Waals surface area contributed by atoms with E-state index in [0.717, 1.165) is 31.4 Å². The van der Waals surface area contributed by atoms with E-state index in [9.17, 15) is 9.59 Å². The van der Waals surface area contributed by atoms with Crippen LogP contribution in [-0.4, -0.2) is 49.3 Å². The van der Waals surface area contributed by atoms with Crippen LogP contribution in [0.3, 0.4) is 0 Å². The topological polar surface area (TPSA) is 73.9 Å². The molecule has 5 rings (SSSR count). The summed E-state index contributed by atoms with van der Waals surface area (Å²) < 4.78 is 18.1. The molecular formula is C25H33NO5. The summed E-state index contributed by atoms with van der Waals surface area (Å²) in [6.07, 6.45) is 9.53. The van der Waals surface area contributed by atoms with E-state index in [2.05, 4.69) is 5.32 Å². The predicted molar refractivity (Wildman–Crippen MR) is 115 cm³/mol. The lowest BCUT2D eigenvalue weighted by Crippen LogP contribution is -2.44. The molecular weight excluding hydrogens is 394 g/mol. The standard InChI is InChI=1S/C25H33NO5/c27-22(17-6-5-9-20(12-17)31-19-7-3-1-2-4-8-19)13-18-14-29-24-21(15-30-23(18)24)26-25(28)16-10-11-16/h5-6,9,12,16,18-19,21,23-24H,1-4,7-8,10-11,13-15H2,(H,26,28). The Morgan fingerprint density at radius 1 is 0.968 bits per heavy atom. The van der Waals surface area contributed by atoms with Gasteiger partial charge in [-0.05, 0) is 50.7 Å². The number of rotatable bonds is 7. The van der Waals surface area contributed by atoms with Gasteiger partial charge < -0.3 is 19.5 Å². The van der Waals surface area contributed by atoms with E-state index in [0.29, 0.717) is 25.2 Å². The van der Waals surface area contributed by atoms with Gasteiger partial charge in [0.15, 0.2) is 5.78 Å². The smallest absolute Gasteiger partial charge is 0.223 e. The van der Waals surface area contributed by atoms with Gasteiger partial charge >= 0.3 is 0 Å². The molecule has 6 nitrogen and oxygen atoms in total. The average molecular weight is 428 g/mol. The highest BCUT2D eigenvalue weighted by Gasteiger charge is 2.49. The molecule has 168 valence electrons. The van der Waals surface area contributed by atoms with Gasteiger partial charge in [-0.2, -0.15) is 0 Å². The SMILES string of the molecule is O=C(CC1COC2C(NC(=O)C3CC3)COC12)c1cccc(OC2CCCCCC2)c1. The first kappa shape index (κ1) is 21.0. The second-order valence-corrected chi connectivity index (χ2v) is 9.63. The van der Waals surface area contributed by atoms with E-state index in [1.165, 1.54) is 25.7 Å². The van der Waals surface area contributed by atoms with Crippen LogP contribution in [-0.2, 0) is 14.3 Å². The van der Waals surface area contributed by atoms with Gasteiger partial charge in [-0.1, -0.05) is 25.0 Å². The van der Waals surface area contributed by atoms with Crippen molar-refractivity contribution >= 4 is 11.7 Å². The number of fused-ring (bicyclic) bond motifs is 1. The van der Waals surface area contributed by atoms with Crippen molar-refractivity contribution in [3.05, 3.63) is 29.8 Å². The van der Waals surface area contributed by atoms with Crippen LogP contribution in [0.1, 0.15) is 68.1 Å². The first-order chi connectivity index (χ1) is 15.2. The molecule has 1 amide bonds. The van der Waals surface area contributed by atoms with E-state index in [-0.39, 0.29) is 47.9 Å². The third-order valence-electron chi connectivity index (χ3n) is 7.14. The lowest BCUT2D eigenvalue weighted by atomic mass is 9.92. The number of carbonyl (C=O) groups excluding carboxylic acids is 2. The Labute approximate surface area is 184 Å². The molecule has 2 saturated heterocycles. The number of Topliss-reactive ketones (excluding diaryl/α,β-unsaturated/α-hetero) is 1. The van der Waals surface area contributed by atoms with Crippen molar-refractivity contribution in [3.8, 4) is 5.75 Å². The molecule has 2 aliphatic carbocycles. The molecule has 1 aromatic rings. The fourth-order valence-corrected chi connectivity index (χ4v) is 5.17. The van der Waals surface area contributed by atoms with Gasteiger partial charge in [-0.25, -0.2) is 0 Å². The molecule has 4 aliphatic rings. The van der Waals surface area contributed by atoms with Crippen molar-refractivity contribution in [1.29, 1.82) is 0 Å². The number of nitrogens with one attached hydrogen (secondary N) is 1. The van der Waals surface area contributed by atoms with Crippen molar-refractivity contribution in [2.24, 2.45) is 11.8 Å². The van der Waals surface area contributed by atoms with Crippen LogP contribution in [0, 0.1) is 11.8 Å². The van der Waals surface area contributed by atoms with E-state index < -0.39 is 0 Å². The molecule has 2 heterocycles. The number of benzene rings is 1. The normalized spacial score (nSPS) is 31.1.